The number of aliphatic hydroxyl groups excluding tert-OH is 1. The molecule has 1 aromatic rings. The van der Waals surface area contributed by atoms with E-state index in [-0.39, 0.29) is 35.5 Å². The molecule has 1 aromatic carbocycles. The molecule has 1 saturated heterocycles. The first-order valence-corrected chi connectivity index (χ1v) is 10.4. The number of hydrogen-bond acceptors (Lipinski definition) is 6. The first kappa shape index (κ1) is 24.9. The Bertz CT molecular complexity index is 810. The fourth-order valence-electron chi connectivity index (χ4n) is 3.67. The highest BCUT2D eigenvalue weighted by Crippen LogP contribution is 2.35. The van der Waals surface area contributed by atoms with Gasteiger partial charge in [0, 0.05) is 12.0 Å². The summed E-state index contributed by atoms with van der Waals surface area (Å²) in [6, 6.07) is 3.21. The Kier molecular flexibility index (Phi) is 8.68. The first-order valence-electron chi connectivity index (χ1n) is 10.4. The lowest BCUT2D eigenvalue weighted by molar-refractivity contribution is -0.148. The van der Waals surface area contributed by atoms with Gasteiger partial charge >= 0.3 is 5.97 Å². The topological polar surface area (TPSA) is 94.5 Å². The van der Waals surface area contributed by atoms with E-state index in [1.807, 2.05) is 32.1 Å². The summed E-state index contributed by atoms with van der Waals surface area (Å²) in [5.41, 5.74) is 0.567. The van der Waals surface area contributed by atoms with Gasteiger partial charge in [0.15, 0.2) is 5.79 Å². The van der Waals surface area contributed by atoms with Crippen LogP contribution in [0.5, 0.6) is 11.5 Å². The number of aromatic carboxylic acids is 1. The number of carbonyl (C=O) groups is 1. The molecule has 2 rings (SSSR count). The molecule has 1 aliphatic rings. The molecule has 1 fully saturated rings. The minimum Gasteiger partial charge on any atom is -0.497 e. The summed E-state index contributed by atoms with van der Waals surface area (Å²) in [5, 5.41) is 19.1. The fraction of sp³-hybridized carbons (Fsp3) is 0.542. The number of rotatable bonds is 10. The number of carboxylic acid groups (broad SMARTS) is 1. The lowest BCUT2D eigenvalue weighted by Gasteiger charge is -2.20. The minimum atomic E-state index is -1.07. The molecule has 0 aliphatic carbocycles. The highest BCUT2D eigenvalue weighted by molar-refractivity contribution is 5.95. The van der Waals surface area contributed by atoms with Crippen molar-refractivity contribution < 1.29 is 34.0 Å². The second kappa shape index (κ2) is 10.8. The molecule has 0 bridgehead atoms. The summed E-state index contributed by atoms with van der Waals surface area (Å²) in [6.07, 6.45) is 8.00. The zero-order valence-corrected chi connectivity index (χ0v) is 19.1. The van der Waals surface area contributed by atoms with Crippen molar-refractivity contribution in [2.75, 3.05) is 14.2 Å². The molecule has 7 nitrogen and oxygen atoms in total. The summed E-state index contributed by atoms with van der Waals surface area (Å²) in [6.45, 7) is 7.57. The van der Waals surface area contributed by atoms with Gasteiger partial charge in [0.2, 0.25) is 0 Å². The zero-order valence-electron chi connectivity index (χ0n) is 19.1. The highest BCUT2D eigenvalue weighted by Gasteiger charge is 2.42. The summed E-state index contributed by atoms with van der Waals surface area (Å²) >= 11 is 0. The van der Waals surface area contributed by atoms with E-state index in [1.54, 1.807) is 25.1 Å². The van der Waals surface area contributed by atoms with Gasteiger partial charge in [-0.3, -0.25) is 0 Å². The molecule has 0 saturated carbocycles. The standard InChI is InChI=1S/C24H34O7/c1-15(9-7-10-16(2)25)22-19(30-24(3,4)31-22)12-8-11-17-13-18(28-5)14-20(29-6)21(17)23(26)27/h7-9,11,13-16,19,22,25H,10,12H2,1-6H3,(H,26,27)/b9-7-,11-8+/t15?,16-,19+,22-/m1/s1. The van der Waals surface area contributed by atoms with Gasteiger partial charge in [-0.25, -0.2) is 4.79 Å². The minimum absolute atomic E-state index is 0.0782. The van der Waals surface area contributed by atoms with Gasteiger partial charge in [-0.15, -0.1) is 0 Å². The summed E-state index contributed by atoms with van der Waals surface area (Å²) in [5.74, 6) is -0.942. The maximum Gasteiger partial charge on any atom is 0.340 e. The molecule has 0 spiro atoms. The van der Waals surface area contributed by atoms with Crippen molar-refractivity contribution in [2.45, 2.75) is 64.6 Å². The monoisotopic (exact) mass is 434 g/mol. The largest absolute Gasteiger partial charge is 0.497 e. The predicted molar refractivity (Wildman–Crippen MR) is 119 cm³/mol. The van der Waals surface area contributed by atoms with Gasteiger partial charge in [-0.1, -0.05) is 31.2 Å². The Hall–Kier alpha value is -2.35. The van der Waals surface area contributed by atoms with Crippen molar-refractivity contribution >= 4 is 12.0 Å². The van der Waals surface area contributed by atoms with E-state index in [0.717, 1.165) is 0 Å². The summed E-state index contributed by atoms with van der Waals surface area (Å²) < 4.78 is 22.7. The number of aliphatic hydroxyl groups is 1. The molecule has 1 heterocycles. The Labute approximate surface area is 184 Å². The van der Waals surface area contributed by atoms with Crippen LogP contribution in [0.4, 0.5) is 0 Å². The van der Waals surface area contributed by atoms with Crippen LogP contribution in [0.3, 0.4) is 0 Å². The molecule has 0 aromatic heterocycles. The fourth-order valence-corrected chi connectivity index (χ4v) is 3.67. The number of methoxy groups -OCH3 is 2. The molecular formula is C24H34O7. The third-order valence-corrected chi connectivity index (χ3v) is 5.10. The summed E-state index contributed by atoms with van der Waals surface area (Å²) in [4.78, 5) is 11.8. The number of benzene rings is 1. The van der Waals surface area contributed by atoms with Crippen molar-refractivity contribution in [3.8, 4) is 11.5 Å². The second-order valence-corrected chi connectivity index (χ2v) is 8.25. The van der Waals surface area contributed by atoms with E-state index in [9.17, 15) is 15.0 Å². The Morgan fingerprint density at radius 2 is 1.90 bits per heavy atom. The van der Waals surface area contributed by atoms with Crippen molar-refractivity contribution in [1.29, 1.82) is 0 Å². The molecule has 2 N–H and O–H groups in total. The summed E-state index contributed by atoms with van der Waals surface area (Å²) in [7, 11) is 2.95. The average molecular weight is 435 g/mol. The zero-order chi connectivity index (χ0) is 23.2. The van der Waals surface area contributed by atoms with E-state index in [2.05, 4.69) is 6.92 Å². The number of carboxylic acids is 1. The van der Waals surface area contributed by atoms with E-state index in [4.69, 9.17) is 18.9 Å². The smallest absolute Gasteiger partial charge is 0.340 e. The quantitative estimate of drug-likeness (QED) is 0.531. The lowest BCUT2D eigenvalue weighted by atomic mass is 9.96. The number of hydrogen-bond donors (Lipinski definition) is 2. The molecule has 7 heteroatoms. The van der Waals surface area contributed by atoms with Gasteiger partial charge in [-0.2, -0.15) is 0 Å². The molecule has 31 heavy (non-hydrogen) atoms. The maximum absolute atomic E-state index is 11.8. The SMILES string of the molecule is COc1cc(/C=C/C[C@@H]2OC(C)(C)O[C@@H]2C(C)/C=C\C[C@@H](C)O)c(C(=O)O)c(OC)c1. The average Bonchev–Trinajstić information content (AvgIpc) is 3.01. The highest BCUT2D eigenvalue weighted by atomic mass is 16.8. The van der Waals surface area contributed by atoms with Gasteiger partial charge in [0.1, 0.15) is 17.1 Å². The number of ether oxygens (including phenoxy) is 4. The van der Waals surface area contributed by atoms with Crippen LogP contribution in [-0.4, -0.2) is 54.5 Å². The molecular weight excluding hydrogens is 400 g/mol. The molecule has 172 valence electrons. The van der Waals surface area contributed by atoms with Crippen molar-refractivity contribution in [3.05, 3.63) is 41.5 Å². The van der Waals surface area contributed by atoms with Gasteiger partial charge in [0.05, 0.1) is 32.5 Å². The van der Waals surface area contributed by atoms with E-state index in [0.29, 0.717) is 24.2 Å². The maximum atomic E-state index is 11.8. The predicted octanol–water partition coefficient (Wildman–Crippen LogP) is 4.29. The second-order valence-electron chi connectivity index (χ2n) is 8.25. The van der Waals surface area contributed by atoms with Crippen LogP contribution >= 0.6 is 0 Å². The molecule has 0 radical (unpaired) electrons. The Morgan fingerprint density at radius 3 is 2.48 bits per heavy atom. The van der Waals surface area contributed by atoms with E-state index in [1.165, 1.54) is 14.2 Å². The molecule has 1 aliphatic heterocycles. The van der Waals surface area contributed by atoms with E-state index >= 15 is 0 Å². The van der Waals surface area contributed by atoms with Crippen LogP contribution in [0, 0.1) is 5.92 Å². The molecule has 1 unspecified atom stereocenters. The van der Waals surface area contributed by atoms with Crippen LogP contribution in [0.25, 0.3) is 6.08 Å². The van der Waals surface area contributed by atoms with Gasteiger partial charge < -0.3 is 29.2 Å². The third-order valence-electron chi connectivity index (χ3n) is 5.10. The van der Waals surface area contributed by atoms with Crippen molar-refractivity contribution in [2.24, 2.45) is 5.92 Å². The Balaban J connectivity index is 2.21. The van der Waals surface area contributed by atoms with Crippen LogP contribution in [0.15, 0.2) is 30.4 Å². The van der Waals surface area contributed by atoms with Crippen LogP contribution in [0.1, 0.15) is 56.5 Å². The Morgan fingerprint density at radius 1 is 1.19 bits per heavy atom. The van der Waals surface area contributed by atoms with Crippen molar-refractivity contribution in [1.82, 2.24) is 0 Å². The first-order chi connectivity index (χ1) is 14.6. The molecule has 4 atom stereocenters. The molecule has 0 amide bonds. The lowest BCUT2D eigenvalue weighted by Crippen LogP contribution is -2.28. The normalized spacial score (nSPS) is 22.7. The van der Waals surface area contributed by atoms with Gasteiger partial charge in [0.25, 0.3) is 0 Å². The van der Waals surface area contributed by atoms with E-state index < -0.39 is 11.8 Å². The van der Waals surface area contributed by atoms with Crippen LogP contribution in [-0.2, 0) is 9.47 Å². The van der Waals surface area contributed by atoms with Crippen LogP contribution < -0.4 is 9.47 Å². The van der Waals surface area contributed by atoms with Crippen molar-refractivity contribution in [3.63, 3.8) is 0 Å². The van der Waals surface area contributed by atoms with Gasteiger partial charge in [-0.05, 0) is 45.2 Å². The third kappa shape index (κ3) is 6.82. The van der Waals surface area contributed by atoms with Crippen LogP contribution in [0.2, 0.25) is 0 Å².